The number of carbonyl (C=O) groups is 1. The normalized spacial score (nSPS) is 10.6. The summed E-state index contributed by atoms with van der Waals surface area (Å²) < 4.78 is 0. The molecular formula is C16H13ClN2OS2. The summed E-state index contributed by atoms with van der Waals surface area (Å²) in [5.41, 5.74) is 1.67. The van der Waals surface area contributed by atoms with E-state index in [1.54, 1.807) is 11.3 Å². The summed E-state index contributed by atoms with van der Waals surface area (Å²) in [6.45, 7) is 2.39. The Kier molecular flexibility index (Phi) is 4.57. The van der Waals surface area contributed by atoms with Gasteiger partial charge in [0.1, 0.15) is 9.88 Å². The molecule has 22 heavy (non-hydrogen) atoms. The zero-order chi connectivity index (χ0) is 15.5. The summed E-state index contributed by atoms with van der Waals surface area (Å²) in [4.78, 5) is 18.6. The molecule has 0 atom stereocenters. The average molecular weight is 349 g/mol. The van der Waals surface area contributed by atoms with E-state index in [9.17, 15) is 4.79 Å². The van der Waals surface area contributed by atoms with Crippen LogP contribution in [0.3, 0.4) is 0 Å². The minimum Gasteiger partial charge on any atom is -0.346 e. The molecule has 0 spiro atoms. The zero-order valence-electron chi connectivity index (χ0n) is 11.8. The van der Waals surface area contributed by atoms with Crippen molar-refractivity contribution in [2.45, 2.75) is 13.5 Å². The van der Waals surface area contributed by atoms with Gasteiger partial charge in [0.05, 0.1) is 12.2 Å². The lowest BCUT2D eigenvalue weighted by atomic mass is 10.2. The number of aromatic nitrogens is 1. The van der Waals surface area contributed by atoms with Gasteiger partial charge in [-0.1, -0.05) is 29.8 Å². The van der Waals surface area contributed by atoms with Crippen LogP contribution < -0.4 is 5.32 Å². The largest absolute Gasteiger partial charge is 0.346 e. The van der Waals surface area contributed by atoms with Crippen molar-refractivity contribution in [2.24, 2.45) is 0 Å². The molecule has 3 rings (SSSR count). The third-order valence-corrected chi connectivity index (χ3v) is 5.39. The molecule has 0 aliphatic rings. The van der Waals surface area contributed by atoms with Crippen molar-refractivity contribution in [2.75, 3.05) is 0 Å². The highest BCUT2D eigenvalue weighted by molar-refractivity contribution is 7.17. The summed E-state index contributed by atoms with van der Waals surface area (Å²) in [7, 11) is 0. The first-order valence-electron chi connectivity index (χ1n) is 6.67. The number of thiazole rings is 1. The van der Waals surface area contributed by atoms with Gasteiger partial charge in [-0.25, -0.2) is 4.98 Å². The summed E-state index contributed by atoms with van der Waals surface area (Å²) in [5, 5.41) is 6.40. The van der Waals surface area contributed by atoms with Gasteiger partial charge in [0.15, 0.2) is 0 Å². The van der Waals surface area contributed by atoms with Crippen molar-refractivity contribution in [3.8, 4) is 10.6 Å². The van der Waals surface area contributed by atoms with E-state index in [0.717, 1.165) is 21.1 Å². The van der Waals surface area contributed by atoms with Gasteiger partial charge in [-0.2, -0.15) is 0 Å². The average Bonchev–Trinajstić information content (AvgIpc) is 3.14. The number of aryl methyl sites for hydroxylation is 1. The molecular weight excluding hydrogens is 336 g/mol. The summed E-state index contributed by atoms with van der Waals surface area (Å²) in [5.74, 6) is -0.0864. The maximum atomic E-state index is 12.3. The zero-order valence-corrected chi connectivity index (χ0v) is 14.2. The quantitative estimate of drug-likeness (QED) is 0.738. The lowest BCUT2D eigenvalue weighted by molar-refractivity contribution is 0.0954. The van der Waals surface area contributed by atoms with Crippen LogP contribution in [0, 0.1) is 6.92 Å². The molecule has 3 aromatic rings. The van der Waals surface area contributed by atoms with Gasteiger partial charge >= 0.3 is 0 Å². The number of nitrogens with zero attached hydrogens (tertiary/aromatic N) is 1. The fourth-order valence-electron chi connectivity index (χ4n) is 2.01. The van der Waals surface area contributed by atoms with Crippen molar-refractivity contribution < 1.29 is 4.79 Å². The Morgan fingerprint density at radius 3 is 2.91 bits per heavy atom. The monoisotopic (exact) mass is 348 g/mol. The molecule has 0 unspecified atom stereocenters. The van der Waals surface area contributed by atoms with E-state index in [1.165, 1.54) is 11.3 Å². The highest BCUT2D eigenvalue weighted by Gasteiger charge is 2.16. The van der Waals surface area contributed by atoms with Crippen molar-refractivity contribution >= 4 is 40.2 Å². The molecule has 0 saturated carbocycles. The number of benzene rings is 1. The van der Waals surface area contributed by atoms with Gasteiger partial charge in [0.25, 0.3) is 5.91 Å². The molecule has 2 heterocycles. The number of nitrogens with one attached hydrogen (secondary N) is 1. The Morgan fingerprint density at radius 1 is 1.32 bits per heavy atom. The van der Waals surface area contributed by atoms with Gasteiger partial charge in [-0.05, 0) is 30.5 Å². The van der Waals surface area contributed by atoms with E-state index in [0.29, 0.717) is 16.4 Å². The van der Waals surface area contributed by atoms with Gasteiger partial charge in [-0.15, -0.1) is 22.7 Å². The second-order valence-corrected chi connectivity index (χ2v) is 7.17. The molecule has 3 nitrogen and oxygen atoms in total. The molecule has 1 amide bonds. The molecule has 6 heteroatoms. The predicted octanol–water partition coefficient (Wildman–Crippen LogP) is 4.76. The Bertz CT molecular complexity index is 796. The smallest absolute Gasteiger partial charge is 0.263 e. The van der Waals surface area contributed by atoms with Gasteiger partial charge < -0.3 is 5.32 Å². The Labute approximate surface area is 141 Å². The van der Waals surface area contributed by atoms with E-state index in [2.05, 4.69) is 10.3 Å². The summed E-state index contributed by atoms with van der Waals surface area (Å²) >= 11 is 9.02. The second-order valence-electron chi connectivity index (χ2n) is 4.71. The summed E-state index contributed by atoms with van der Waals surface area (Å²) in [6, 6.07) is 11.5. The minimum absolute atomic E-state index is 0.0864. The molecule has 0 bridgehead atoms. The molecule has 0 aliphatic heterocycles. The van der Waals surface area contributed by atoms with E-state index in [4.69, 9.17) is 11.6 Å². The van der Waals surface area contributed by atoms with Gasteiger partial charge in [0, 0.05) is 15.5 Å². The van der Waals surface area contributed by atoms with Crippen LogP contribution in [0.1, 0.15) is 20.2 Å². The number of halogens is 1. The fraction of sp³-hybridized carbons (Fsp3) is 0.125. The third-order valence-electron chi connectivity index (χ3n) is 3.08. The van der Waals surface area contributed by atoms with Crippen molar-refractivity contribution in [3.05, 3.63) is 62.2 Å². The van der Waals surface area contributed by atoms with E-state index < -0.39 is 0 Å². The van der Waals surface area contributed by atoms with Crippen LogP contribution >= 0.6 is 34.3 Å². The second kappa shape index (κ2) is 6.60. The molecule has 0 aliphatic carbocycles. The van der Waals surface area contributed by atoms with Crippen LogP contribution in [0.2, 0.25) is 5.02 Å². The standard InChI is InChI=1S/C16H13ClN2OS2/c1-10-14(15(20)18-9-13-6-3-7-21-13)22-16(19-10)11-4-2-5-12(17)8-11/h2-8H,9H2,1H3,(H,18,20). The van der Waals surface area contributed by atoms with Crippen LogP contribution in [0.4, 0.5) is 0 Å². The van der Waals surface area contributed by atoms with Gasteiger partial charge in [0.2, 0.25) is 0 Å². The SMILES string of the molecule is Cc1nc(-c2cccc(Cl)c2)sc1C(=O)NCc1cccs1. The van der Waals surface area contributed by atoms with Crippen molar-refractivity contribution in [1.82, 2.24) is 10.3 Å². The number of hydrogen-bond acceptors (Lipinski definition) is 4. The lowest BCUT2D eigenvalue weighted by Gasteiger charge is -2.01. The number of rotatable bonds is 4. The van der Waals surface area contributed by atoms with E-state index in [1.807, 2.05) is 48.7 Å². The fourth-order valence-corrected chi connectivity index (χ4v) is 3.83. The first-order valence-corrected chi connectivity index (χ1v) is 8.75. The number of thiophene rings is 1. The maximum Gasteiger partial charge on any atom is 0.263 e. The van der Waals surface area contributed by atoms with Gasteiger partial charge in [-0.3, -0.25) is 4.79 Å². The summed E-state index contributed by atoms with van der Waals surface area (Å²) in [6.07, 6.45) is 0. The molecule has 112 valence electrons. The number of amides is 1. The van der Waals surface area contributed by atoms with Crippen LogP contribution in [0.5, 0.6) is 0 Å². The Morgan fingerprint density at radius 2 is 2.18 bits per heavy atom. The molecule has 0 fully saturated rings. The predicted molar refractivity (Wildman–Crippen MR) is 92.8 cm³/mol. The number of carbonyl (C=O) groups excluding carboxylic acids is 1. The highest BCUT2D eigenvalue weighted by atomic mass is 35.5. The lowest BCUT2D eigenvalue weighted by Crippen LogP contribution is -2.22. The van der Waals surface area contributed by atoms with E-state index in [-0.39, 0.29) is 5.91 Å². The molecule has 0 radical (unpaired) electrons. The highest BCUT2D eigenvalue weighted by Crippen LogP contribution is 2.29. The molecule has 0 saturated heterocycles. The Balaban J connectivity index is 1.78. The molecule has 1 aromatic carbocycles. The molecule has 1 N–H and O–H groups in total. The third kappa shape index (κ3) is 3.38. The topological polar surface area (TPSA) is 42.0 Å². The minimum atomic E-state index is -0.0864. The van der Waals surface area contributed by atoms with Crippen molar-refractivity contribution in [1.29, 1.82) is 0 Å². The molecule has 2 aromatic heterocycles. The first kappa shape index (κ1) is 15.2. The van der Waals surface area contributed by atoms with Crippen molar-refractivity contribution in [3.63, 3.8) is 0 Å². The first-order chi connectivity index (χ1) is 10.6. The number of hydrogen-bond donors (Lipinski definition) is 1. The van der Waals surface area contributed by atoms with Crippen LogP contribution in [0.15, 0.2) is 41.8 Å². The Hall–Kier alpha value is -1.69. The van der Waals surface area contributed by atoms with Crippen LogP contribution in [0.25, 0.3) is 10.6 Å². The maximum absolute atomic E-state index is 12.3. The van der Waals surface area contributed by atoms with E-state index >= 15 is 0 Å². The van der Waals surface area contributed by atoms with Crippen LogP contribution in [-0.4, -0.2) is 10.9 Å². The van der Waals surface area contributed by atoms with Crippen LogP contribution in [-0.2, 0) is 6.54 Å².